The molecule has 3 aromatic rings. The highest BCUT2D eigenvalue weighted by Gasteiger charge is 2.16. The van der Waals surface area contributed by atoms with Gasteiger partial charge < -0.3 is 24.3 Å². The summed E-state index contributed by atoms with van der Waals surface area (Å²) in [5, 5.41) is 3.17. The molecule has 0 amide bonds. The smallest absolute Gasteiger partial charge is 0.343 e. The first-order valence-corrected chi connectivity index (χ1v) is 15.1. The quantitative estimate of drug-likeness (QED) is 0.0910. The van der Waals surface area contributed by atoms with Crippen LogP contribution in [-0.4, -0.2) is 44.7 Å². The van der Waals surface area contributed by atoms with Crippen molar-refractivity contribution in [1.82, 2.24) is 5.32 Å². The number of benzene rings is 3. The SMILES string of the molecule is C=CC(=O)OCCCOc1ccc(C(=O)Oc2ccc(OC(=O)c3ccc(C)cc3)cc2C)cc1.CNCCCC1CCC1. The molecule has 0 atom stereocenters. The maximum absolute atomic E-state index is 12.5. The van der Waals surface area contributed by atoms with Gasteiger partial charge in [0.1, 0.15) is 17.2 Å². The topological polar surface area (TPSA) is 100 Å². The number of aryl methyl sites for hydroxylation is 2. The van der Waals surface area contributed by atoms with Crippen LogP contribution in [-0.2, 0) is 9.53 Å². The van der Waals surface area contributed by atoms with Crippen molar-refractivity contribution in [3.63, 3.8) is 0 Å². The van der Waals surface area contributed by atoms with E-state index in [9.17, 15) is 14.4 Å². The summed E-state index contributed by atoms with van der Waals surface area (Å²) in [6.45, 7) is 8.82. The Kier molecular flexibility index (Phi) is 14.2. The number of hydrogen-bond acceptors (Lipinski definition) is 8. The zero-order valence-corrected chi connectivity index (χ0v) is 25.9. The molecule has 1 aliphatic rings. The Labute approximate surface area is 260 Å². The fourth-order valence-corrected chi connectivity index (χ4v) is 4.33. The van der Waals surface area contributed by atoms with E-state index in [1.54, 1.807) is 61.5 Å². The summed E-state index contributed by atoms with van der Waals surface area (Å²) < 4.78 is 21.4. The van der Waals surface area contributed by atoms with Crippen molar-refractivity contribution < 1.29 is 33.3 Å². The summed E-state index contributed by atoms with van der Waals surface area (Å²) in [6, 6.07) is 18.4. The molecule has 0 aliphatic heterocycles. The molecule has 1 aliphatic carbocycles. The van der Waals surface area contributed by atoms with Crippen LogP contribution in [0.5, 0.6) is 17.2 Å². The van der Waals surface area contributed by atoms with Crippen LogP contribution in [0.3, 0.4) is 0 Å². The molecule has 3 aromatic carbocycles. The van der Waals surface area contributed by atoms with E-state index in [4.69, 9.17) is 18.9 Å². The normalized spacial score (nSPS) is 12.2. The Hall–Kier alpha value is -4.43. The molecular weight excluding hydrogens is 558 g/mol. The minimum absolute atomic E-state index is 0.235. The zero-order chi connectivity index (χ0) is 31.7. The fraction of sp³-hybridized carbons (Fsp3) is 0.361. The molecule has 4 rings (SSSR count). The van der Waals surface area contributed by atoms with E-state index in [1.807, 2.05) is 26.1 Å². The van der Waals surface area contributed by atoms with Crippen molar-refractivity contribution in [2.45, 2.75) is 52.4 Å². The van der Waals surface area contributed by atoms with Crippen LogP contribution in [0.4, 0.5) is 0 Å². The lowest BCUT2D eigenvalue weighted by molar-refractivity contribution is -0.137. The first kappa shape index (κ1) is 34.1. The molecule has 1 saturated carbocycles. The van der Waals surface area contributed by atoms with E-state index in [-0.39, 0.29) is 6.61 Å². The van der Waals surface area contributed by atoms with Crippen LogP contribution >= 0.6 is 0 Å². The maximum Gasteiger partial charge on any atom is 0.343 e. The van der Waals surface area contributed by atoms with E-state index in [0.717, 1.165) is 17.6 Å². The minimum atomic E-state index is -0.527. The number of hydrogen-bond donors (Lipinski definition) is 1. The zero-order valence-electron chi connectivity index (χ0n) is 25.9. The van der Waals surface area contributed by atoms with Gasteiger partial charge in [0.15, 0.2) is 0 Å². The van der Waals surface area contributed by atoms with Crippen LogP contribution in [0.1, 0.15) is 70.4 Å². The third-order valence-electron chi connectivity index (χ3n) is 7.17. The van der Waals surface area contributed by atoms with Gasteiger partial charge in [0, 0.05) is 12.5 Å². The van der Waals surface area contributed by atoms with Gasteiger partial charge in [0.25, 0.3) is 0 Å². The van der Waals surface area contributed by atoms with E-state index < -0.39 is 17.9 Å². The molecule has 0 spiro atoms. The second-order valence-electron chi connectivity index (χ2n) is 10.7. The number of carbonyl (C=O) groups excluding carboxylic acids is 3. The Morgan fingerprint density at radius 1 is 0.841 bits per heavy atom. The van der Waals surface area contributed by atoms with Crippen molar-refractivity contribution in [2.75, 3.05) is 26.8 Å². The van der Waals surface area contributed by atoms with Crippen molar-refractivity contribution >= 4 is 17.9 Å². The molecule has 0 unspecified atom stereocenters. The average molecular weight is 602 g/mol. The number of rotatable bonds is 14. The molecule has 8 nitrogen and oxygen atoms in total. The lowest BCUT2D eigenvalue weighted by atomic mass is 9.82. The second kappa shape index (κ2) is 18.3. The first-order valence-electron chi connectivity index (χ1n) is 15.1. The van der Waals surface area contributed by atoms with Crippen LogP contribution < -0.4 is 19.5 Å². The second-order valence-corrected chi connectivity index (χ2v) is 10.7. The Morgan fingerprint density at radius 2 is 1.48 bits per heavy atom. The summed E-state index contributed by atoms with van der Waals surface area (Å²) in [5.74, 6) is 0.926. The van der Waals surface area contributed by atoms with Crippen molar-refractivity contribution in [3.05, 3.63) is 102 Å². The van der Waals surface area contributed by atoms with Gasteiger partial charge in [-0.2, -0.15) is 0 Å². The summed E-state index contributed by atoms with van der Waals surface area (Å²) in [6.07, 6.45) is 8.97. The van der Waals surface area contributed by atoms with Gasteiger partial charge in [0.05, 0.1) is 24.3 Å². The lowest BCUT2D eigenvalue weighted by Crippen LogP contribution is -2.14. The van der Waals surface area contributed by atoms with Gasteiger partial charge in [0.2, 0.25) is 0 Å². The Balaban J connectivity index is 0.000000502. The third kappa shape index (κ3) is 11.7. The van der Waals surface area contributed by atoms with E-state index >= 15 is 0 Å². The summed E-state index contributed by atoms with van der Waals surface area (Å²) in [7, 11) is 2.03. The number of ether oxygens (including phenoxy) is 4. The van der Waals surface area contributed by atoms with Crippen LogP contribution in [0, 0.1) is 19.8 Å². The highest BCUT2D eigenvalue weighted by atomic mass is 16.5. The molecule has 0 aromatic heterocycles. The van der Waals surface area contributed by atoms with Gasteiger partial charge in [-0.1, -0.05) is 43.5 Å². The summed E-state index contributed by atoms with van der Waals surface area (Å²) in [5.41, 5.74) is 2.50. The largest absolute Gasteiger partial charge is 0.493 e. The fourth-order valence-electron chi connectivity index (χ4n) is 4.33. The Bertz CT molecular complexity index is 1360. The standard InChI is InChI=1S/C28H26O7.C8H17N/c1-4-26(29)33-17-5-16-32-23-12-10-22(11-13-23)28(31)35-25-15-14-24(18-20(25)3)34-27(30)21-8-6-19(2)7-9-21;1-9-7-3-6-8-4-2-5-8/h4,6-15,18H,1,5,16-17H2,2-3H3;8-9H,2-7H2,1H3. The summed E-state index contributed by atoms with van der Waals surface area (Å²) in [4.78, 5) is 35.8. The van der Waals surface area contributed by atoms with Crippen molar-refractivity contribution in [1.29, 1.82) is 0 Å². The predicted octanol–water partition coefficient (Wildman–Crippen LogP) is 7.03. The van der Waals surface area contributed by atoms with Crippen LogP contribution in [0.2, 0.25) is 0 Å². The molecule has 1 N–H and O–H groups in total. The van der Waals surface area contributed by atoms with Gasteiger partial charge in [-0.15, -0.1) is 0 Å². The molecule has 0 saturated heterocycles. The van der Waals surface area contributed by atoms with Gasteiger partial charge in [-0.3, -0.25) is 0 Å². The molecular formula is C36H43NO7. The molecule has 44 heavy (non-hydrogen) atoms. The van der Waals surface area contributed by atoms with Gasteiger partial charge >= 0.3 is 17.9 Å². The molecule has 0 heterocycles. The van der Waals surface area contributed by atoms with Crippen molar-refractivity contribution in [2.24, 2.45) is 5.92 Å². The molecule has 234 valence electrons. The molecule has 1 fully saturated rings. The highest BCUT2D eigenvalue weighted by molar-refractivity contribution is 5.92. The van der Waals surface area contributed by atoms with Crippen LogP contribution in [0.15, 0.2) is 79.4 Å². The number of nitrogens with one attached hydrogen (secondary N) is 1. The van der Waals surface area contributed by atoms with E-state index in [1.165, 1.54) is 38.6 Å². The lowest BCUT2D eigenvalue weighted by Gasteiger charge is -2.24. The molecule has 0 bridgehead atoms. The van der Waals surface area contributed by atoms with Gasteiger partial charge in [-0.25, -0.2) is 14.4 Å². The monoisotopic (exact) mass is 601 g/mol. The Morgan fingerprint density at radius 3 is 2.07 bits per heavy atom. The van der Waals surface area contributed by atoms with Crippen LogP contribution in [0.25, 0.3) is 0 Å². The van der Waals surface area contributed by atoms with E-state index in [2.05, 4.69) is 11.9 Å². The predicted molar refractivity (Wildman–Crippen MR) is 170 cm³/mol. The number of esters is 3. The third-order valence-corrected chi connectivity index (χ3v) is 7.17. The summed E-state index contributed by atoms with van der Waals surface area (Å²) >= 11 is 0. The first-order chi connectivity index (χ1) is 21.3. The van der Waals surface area contributed by atoms with E-state index in [0.29, 0.717) is 47.0 Å². The minimum Gasteiger partial charge on any atom is -0.493 e. The molecule has 0 radical (unpaired) electrons. The number of carbonyl (C=O) groups is 3. The molecule has 8 heteroatoms. The average Bonchev–Trinajstić information content (AvgIpc) is 3.00. The highest BCUT2D eigenvalue weighted by Crippen LogP contribution is 2.30. The van der Waals surface area contributed by atoms with Crippen molar-refractivity contribution in [3.8, 4) is 17.2 Å². The van der Waals surface area contributed by atoms with Gasteiger partial charge in [-0.05, 0) is 106 Å². The maximum atomic E-state index is 12.5.